The minimum atomic E-state index is -5.16. The molecule has 44 heavy (non-hydrogen) atoms. The molecule has 2 aliphatic heterocycles. The van der Waals surface area contributed by atoms with Crippen LogP contribution in [0.3, 0.4) is 0 Å². The Labute approximate surface area is 250 Å². The van der Waals surface area contributed by atoms with Crippen molar-refractivity contribution >= 4 is 22.2 Å². The summed E-state index contributed by atoms with van der Waals surface area (Å²) in [4.78, 5) is 23.8. The molecule has 2 rings (SSSR count). The monoisotopic (exact) mass is 668 g/mol. The van der Waals surface area contributed by atoms with Crippen molar-refractivity contribution in [3.05, 3.63) is 0 Å². The van der Waals surface area contributed by atoms with Gasteiger partial charge in [0.05, 0.1) is 32.5 Å². The van der Waals surface area contributed by atoms with Gasteiger partial charge in [0.2, 0.25) is 11.8 Å². The van der Waals surface area contributed by atoms with Gasteiger partial charge in [-0.1, -0.05) is 0 Å². The lowest BCUT2D eigenvalue weighted by molar-refractivity contribution is -0.353. The van der Waals surface area contributed by atoms with Crippen LogP contribution in [-0.2, 0) is 43.1 Å². The van der Waals surface area contributed by atoms with Crippen LogP contribution in [0.25, 0.3) is 0 Å². The summed E-state index contributed by atoms with van der Waals surface area (Å²) in [7, 11) is -5.16. The molecule has 14 atom stereocenters. The average Bonchev–Trinajstić information content (AvgIpc) is 2.95. The Morgan fingerprint density at radius 2 is 1.48 bits per heavy atom. The van der Waals surface area contributed by atoms with Gasteiger partial charge < -0.3 is 75.5 Å². The van der Waals surface area contributed by atoms with Crippen LogP contribution in [-0.4, -0.2) is 183 Å². The summed E-state index contributed by atoms with van der Waals surface area (Å²) in [5, 5.41) is 95.8. The average molecular weight is 669 g/mol. The molecule has 0 spiro atoms. The molecule has 0 bridgehead atoms. The van der Waals surface area contributed by atoms with Gasteiger partial charge in [0.15, 0.2) is 12.6 Å². The lowest BCUT2D eigenvalue weighted by atomic mass is 9.95. The van der Waals surface area contributed by atoms with E-state index < -0.39 is 134 Å². The fraction of sp³-hybridized carbons (Fsp3) is 0.909. The molecule has 0 aromatic rings. The molecule has 14 unspecified atom stereocenters. The topological polar surface area (TPSA) is 341 Å². The number of hydrogen-bond acceptors (Lipinski definition) is 18. The summed E-state index contributed by atoms with van der Waals surface area (Å²) in [5.74, 6) is -1.56. The normalized spacial score (nSPS) is 35.7. The van der Waals surface area contributed by atoms with Gasteiger partial charge in [-0.3, -0.25) is 14.1 Å². The number of rotatable bonds is 15. The maximum atomic E-state index is 12.1. The number of carbonyl (C=O) groups is 2. The Morgan fingerprint density at radius 3 is 1.98 bits per heavy atom. The molecule has 258 valence electrons. The number of aliphatic hydroxyl groups excluding tert-OH is 9. The van der Waals surface area contributed by atoms with Crippen LogP contribution in [0.2, 0.25) is 0 Å². The molecule has 0 aromatic carbocycles. The highest BCUT2D eigenvalue weighted by molar-refractivity contribution is 7.80. The summed E-state index contributed by atoms with van der Waals surface area (Å²) >= 11 is 0. The third kappa shape index (κ3) is 10.1. The summed E-state index contributed by atoms with van der Waals surface area (Å²) in [6.45, 7) is -1.91. The lowest BCUT2D eigenvalue weighted by Crippen LogP contribution is -2.69. The number of ether oxygens (including phenoxy) is 4. The molecule has 2 fully saturated rings. The first-order valence-electron chi connectivity index (χ1n) is 13.1. The van der Waals surface area contributed by atoms with E-state index in [1.807, 2.05) is 0 Å². The summed E-state index contributed by atoms with van der Waals surface area (Å²) in [6.07, 6.45) is -22.7. The molecule has 0 radical (unpaired) electrons. The van der Waals surface area contributed by atoms with Gasteiger partial charge in [-0.25, -0.2) is 4.18 Å². The minimum absolute atomic E-state index is 0.737. The van der Waals surface area contributed by atoms with E-state index in [9.17, 15) is 64.0 Å². The van der Waals surface area contributed by atoms with Crippen molar-refractivity contribution in [1.82, 2.24) is 10.6 Å². The van der Waals surface area contributed by atoms with Crippen LogP contribution in [0.4, 0.5) is 0 Å². The minimum Gasteiger partial charge on any atom is -0.394 e. The van der Waals surface area contributed by atoms with Gasteiger partial charge in [0.25, 0.3) is 0 Å². The predicted molar refractivity (Wildman–Crippen MR) is 137 cm³/mol. The Hall–Kier alpha value is -1.71. The smallest absolute Gasteiger partial charge is 0.394 e. The number of carbonyl (C=O) groups excluding carboxylic acids is 2. The molecule has 21 nitrogen and oxygen atoms in total. The second-order valence-electron chi connectivity index (χ2n) is 10.1. The molecule has 2 saturated heterocycles. The van der Waals surface area contributed by atoms with E-state index in [0.717, 1.165) is 13.8 Å². The van der Waals surface area contributed by atoms with E-state index in [2.05, 4.69) is 14.8 Å². The fourth-order valence-electron chi connectivity index (χ4n) is 4.60. The van der Waals surface area contributed by atoms with Crippen LogP contribution >= 0.6 is 0 Å². The van der Waals surface area contributed by atoms with E-state index in [1.54, 1.807) is 0 Å². The zero-order valence-corrected chi connectivity index (χ0v) is 24.3. The second kappa shape index (κ2) is 16.7. The Morgan fingerprint density at radius 1 is 0.864 bits per heavy atom. The fourth-order valence-corrected chi connectivity index (χ4v) is 4.91. The Kier molecular flexibility index (Phi) is 14.6. The van der Waals surface area contributed by atoms with E-state index in [1.165, 1.54) is 0 Å². The molecule has 2 heterocycles. The predicted octanol–water partition coefficient (Wildman–Crippen LogP) is -7.82. The van der Waals surface area contributed by atoms with Gasteiger partial charge in [-0.05, 0) is 0 Å². The molecule has 0 aromatic heterocycles. The third-order valence-electron chi connectivity index (χ3n) is 6.76. The molecule has 22 heteroatoms. The first-order valence-corrected chi connectivity index (χ1v) is 14.5. The highest BCUT2D eigenvalue weighted by atomic mass is 32.3. The van der Waals surface area contributed by atoms with Gasteiger partial charge >= 0.3 is 10.4 Å². The number of aliphatic hydroxyl groups is 9. The molecular formula is C22H40N2O19S. The molecule has 12 N–H and O–H groups in total. The largest absolute Gasteiger partial charge is 0.397 e. The molecule has 2 amide bonds. The Balaban J connectivity index is 2.52. The standard InChI is InChI=1S/C22H40N2O19S/c1-7(28)23-9(3-25)19(14(31)10(30)4-26)42-21-13(24-8(2)29)16(33)20(12(41-21)6-39-44(36,37)38)43-22-18(35)17(34)15(32)11(5-27)40-22/h9-22,25-27,30-35H,3-6H2,1-2H3,(H,23,28)(H,24,29)(H,36,37,38). The first-order chi connectivity index (χ1) is 20.4. The molecule has 2 aliphatic rings. The zero-order chi connectivity index (χ0) is 33.5. The maximum absolute atomic E-state index is 12.1. The highest BCUT2D eigenvalue weighted by Crippen LogP contribution is 2.31. The van der Waals surface area contributed by atoms with Crippen molar-refractivity contribution in [1.29, 1.82) is 0 Å². The van der Waals surface area contributed by atoms with E-state index >= 15 is 0 Å². The molecule has 0 saturated carbocycles. The number of hydrogen-bond donors (Lipinski definition) is 12. The van der Waals surface area contributed by atoms with E-state index in [0.29, 0.717) is 0 Å². The highest BCUT2D eigenvalue weighted by Gasteiger charge is 2.53. The van der Waals surface area contributed by atoms with Gasteiger partial charge in [-0.15, -0.1) is 0 Å². The number of nitrogens with one attached hydrogen (secondary N) is 2. The van der Waals surface area contributed by atoms with Crippen molar-refractivity contribution in [2.75, 3.05) is 26.4 Å². The zero-order valence-electron chi connectivity index (χ0n) is 23.5. The summed E-state index contributed by atoms with van der Waals surface area (Å²) < 4.78 is 58.4. The van der Waals surface area contributed by atoms with Gasteiger partial charge in [0.1, 0.15) is 67.1 Å². The van der Waals surface area contributed by atoms with Gasteiger partial charge in [0, 0.05) is 13.8 Å². The van der Waals surface area contributed by atoms with Crippen molar-refractivity contribution in [3.8, 4) is 0 Å². The van der Waals surface area contributed by atoms with Crippen molar-refractivity contribution in [2.45, 2.75) is 99.6 Å². The van der Waals surface area contributed by atoms with E-state index in [-0.39, 0.29) is 0 Å². The van der Waals surface area contributed by atoms with Crippen LogP contribution in [0.5, 0.6) is 0 Å². The summed E-state index contributed by atoms with van der Waals surface area (Å²) in [5.41, 5.74) is 0. The van der Waals surface area contributed by atoms with Crippen molar-refractivity contribution < 1.29 is 91.6 Å². The van der Waals surface area contributed by atoms with Crippen LogP contribution < -0.4 is 10.6 Å². The SMILES string of the molecule is CC(=O)NC(CO)C(OC1OC(COS(=O)(=O)O)C(OC2OC(CO)C(O)C(O)C2O)C(O)C1NC(C)=O)C(O)C(O)CO. The Bertz CT molecular complexity index is 1030. The van der Waals surface area contributed by atoms with Crippen LogP contribution in [0, 0.1) is 0 Å². The van der Waals surface area contributed by atoms with Crippen molar-refractivity contribution in [2.24, 2.45) is 0 Å². The van der Waals surface area contributed by atoms with Crippen LogP contribution in [0.1, 0.15) is 13.8 Å². The van der Waals surface area contributed by atoms with Crippen molar-refractivity contribution in [3.63, 3.8) is 0 Å². The summed E-state index contributed by atoms with van der Waals surface area (Å²) in [6, 6.07) is -3.22. The van der Waals surface area contributed by atoms with Gasteiger partial charge in [-0.2, -0.15) is 8.42 Å². The second-order valence-corrected chi connectivity index (χ2v) is 11.2. The van der Waals surface area contributed by atoms with E-state index in [4.69, 9.17) is 23.5 Å². The molecule has 0 aliphatic carbocycles. The first kappa shape index (κ1) is 38.5. The third-order valence-corrected chi connectivity index (χ3v) is 7.19. The van der Waals surface area contributed by atoms with Crippen LogP contribution in [0.15, 0.2) is 0 Å². The number of amides is 2. The lowest BCUT2D eigenvalue weighted by Gasteiger charge is -2.48. The quantitative estimate of drug-likeness (QED) is 0.0721. The molecular weight excluding hydrogens is 628 g/mol. The maximum Gasteiger partial charge on any atom is 0.397 e.